The molecule has 0 saturated heterocycles. The van der Waals surface area contributed by atoms with Gasteiger partial charge in [0.05, 0.1) is 28.3 Å². The number of pyridine rings is 2. The molecule has 264 valence electrons. The average Bonchev–Trinajstić information content (AvgIpc) is 3.26. The van der Waals surface area contributed by atoms with E-state index in [1.165, 1.54) is 54.4 Å². The van der Waals surface area contributed by atoms with E-state index in [-0.39, 0.29) is 5.92 Å². The van der Waals surface area contributed by atoms with Crippen LogP contribution in [-0.2, 0) is 6.42 Å². The number of rotatable bonds is 6. The third-order valence-electron chi connectivity index (χ3n) is 11.7. The van der Waals surface area contributed by atoms with Gasteiger partial charge in [0.25, 0.3) is 0 Å². The average molecular weight is 708 g/mol. The van der Waals surface area contributed by atoms with Crippen LogP contribution >= 0.6 is 0 Å². The monoisotopic (exact) mass is 707 g/mol. The SMILES string of the molecule is C=C(/C=C\C(=C/C)C1C=C(c2nc3c4ccccc4c4ccccc4c3c3ccccc23)C=CC1)C1=NC2=C(CC1)CCc1ccc(-c3ccccc3)nc12. The quantitative estimate of drug-likeness (QED) is 0.127. The number of benzene rings is 5. The van der Waals surface area contributed by atoms with E-state index in [2.05, 4.69) is 159 Å². The molecule has 1 atom stereocenters. The molecule has 0 fully saturated rings. The molecule has 2 aromatic heterocycles. The van der Waals surface area contributed by atoms with E-state index < -0.39 is 0 Å². The molecule has 0 radical (unpaired) electrons. The van der Waals surface area contributed by atoms with Crippen molar-refractivity contribution in [1.82, 2.24) is 9.97 Å². The topological polar surface area (TPSA) is 38.1 Å². The van der Waals surface area contributed by atoms with Crippen LogP contribution in [0.15, 0.2) is 180 Å². The first-order valence-electron chi connectivity index (χ1n) is 19.5. The van der Waals surface area contributed by atoms with Gasteiger partial charge in [0.1, 0.15) is 0 Å². The van der Waals surface area contributed by atoms with Crippen molar-refractivity contribution in [3.63, 3.8) is 0 Å². The third kappa shape index (κ3) is 5.79. The highest BCUT2D eigenvalue weighted by Gasteiger charge is 2.25. The molecule has 0 N–H and O–H groups in total. The Morgan fingerprint density at radius 1 is 0.655 bits per heavy atom. The summed E-state index contributed by atoms with van der Waals surface area (Å²) in [5.41, 5.74) is 13.4. The molecule has 55 heavy (non-hydrogen) atoms. The van der Waals surface area contributed by atoms with Gasteiger partial charge in [0.15, 0.2) is 0 Å². The van der Waals surface area contributed by atoms with Crippen LogP contribution in [0.1, 0.15) is 49.6 Å². The van der Waals surface area contributed by atoms with E-state index in [1.54, 1.807) is 0 Å². The van der Waals surface area contributed by atoms with Crippen molar-refractivity contribution >= 4 is 60.2 Å². The zero-order chi connectivity index (χ0) is 36.9. The molecule has 0 amide bonds. The lowest BCUT2D eigenvalue weighted by molar-refractivity contribution is 0.787. The van der Waals surface area contributed by atoms with Gasteiger partial charge in [-0.25, -0.2) is 9.97 Å². The summed E-state index contributed by atoms with van der Waals surface area (Å²) < 4.78 is 0. The molecule has 3 heterocycles. The van der Waals surface area contributed by atoms with Gasteiger partial charge in [0, 0.05) is 33.4 Å². The normalized spacial score (nSPS) is 17.2. The summed E-state index contributed by atoms with van der Waals surface area (Å²) in [5, 5.41) is 8.57. The molecule has 1 unspecified atom stereocenters. The van der Waals surface area contributed by atoms with Crippen LogP contribution in [0.5, 0.6) is 0 Å². The highest BCUT2D eigenvalue weighted by atomic mass is 14.9. The molecule has 0 bridgehead atoms. The maximum atomic E-state index is 5.54. The summed E-state index contributed by atoms with van der Waals surface area (Å²) >= 11 is 0. The summed E-state index contributed by atoms with van der Waals surface area (Å²) in [6.07, 6.45) is 18.6. The van der Waals surface area contributed by atoms with Gasteiger partial charge in [-0.3, -0.25) is 4.99 Å². The number of hydrogen-bond acceptors (Lipinski definition) is 3. The van der Waals surface area contributed by atoms with E-state index in [0.717, 1.165) is 82.8 Å². The molecule has 1 aliphatic heterocycles. The summed E-state index contributed by atoms with van der Waals surface area (Å²) in [6, 6.07) is 41.1. The van der Waals surface area contributed by atoms with Crippen LogP contribution < -0.4 is 0 Å². The largest absolute Gasteiger partial charge is 0.251 e. The number of allylic oxidation sites excluding steroid dienone is 10. The number of aliphatic imine (C=N–C) groups is 1. The molecular formula is C52H41N3. The number of nitrogens with zero attached hydrogens (tertiary/aromatic N) is 3. The molecule has 3 nitrogen and oxygen atoms in total. The Morgan fingerprint density at radius 2 is 1.33 bits per heavy atom. The van der Waals surface area contributed by atoms with Crippen molar-refractivity contribution in [3.8, 4) is 11.3 Å². The Kier molecular flexibility index (Phi) is 8.29. The van der Waals surface area contributed by atoms with E-state index in [4.69, 9.17) is 15.0 Å². The maximum absolute atomic E-state index is 5.54. The highest BCUT2D eigenvalue weighted by molar-refractivity contribution is 6.31. The van der Waals surface area contributed by atoms with Crippen LogP contribution in [0.3, 0.4) is 0 Å². The predicted molar refractivity (Wildman–Crippen MR) is 233 cm³/mol. The smallest absolute Gasteiger partial charge is 0.0925 e. The number of aromatic nitrogens is 2. The third-order valence-corrected chi connectivity index (χ3v) is 11.7. The molecule has 3 heteroatoms. The van der Waals surface area contributed by atoms with Crippen molar-refractivity contribution in [2.24, 2.45) is 10.9 Å². The Hall–Kier alpha value is -6.45. The van der Waals surface area contributed by atoms with Crippen LogP contribution in [0.2, 0.25) is 0 Å². The predicted octanol–water partition coefficient (Wildman–Crippen LogP) is 13.4. The van der Waals surface area contributed by atoms with Gasteiger partial charge in [-0.1, -0.05) is 152 Å². The lowest BCUT2D eigenvalue weighted by Crippen LogP contribution is -2.14. The van der Waals surface area contributed by atoms with Crippen molar-refractivity contribution in [1.29, 1.82) is 0 Å². The zero-order valence-corrected chi connectivity index (χ0v) is 31.1. The van der Waals surface area contributed by atoms with Gasteiger partial charge >= 0.3 is 0 Å². The molecule has 10 rings (SSSR count). The number of aryl methyl sites for hydroxylation is 1. The fourth-order valence-corrected chi connectivity index (χ4v) is 8.91. The van der Waals surface area contributed by atoms with Gasteiger partial charge < -0.3 is 0 Å². The summed E-state index contributed by atoms with van der Waals surface area (Å²) in [6.45, 7) is 6.67. The second-order valence-corrected chi connectivity index (χ2v) is 14.9. The molecule has 5 aromatic carbocycles. The Balaban J connectivity index is 0.980. The lowest BCUT2D eigenvalue weighted by atomic mass is 9.85. The summed E-state index contributed by atoms with van der Waals surface area (Å²) in [4.78, 5) is 16.0. The molecule has 0 saturated carbocycles. The highest BCUT2D eigenvalue weighted by Crippen LogP contribution is 2.42. The molecule has 7 aromatic rings. The van der Waals surface area contributed by atoms with Gasteiger partial charge in [-0.15, -0.1) is 0 Å². The Labute approximate surface area is 322 Å². The first-order valence-corrected chi connectivity index (χ1v) is 19.5. The van der Waals surface area contributed by atoms with Crippen LogP contribution in [0.4, 0.5) is 0 Å². The number of hydrogen-bond donors (Lipinski definition) is 0. The van der Waals surface area contributed by atoms with E-state index >= 15 is 0 Å². The Bertz CT molecular complexity index is 2920. The fourth-order valence-electron chi connectivity index (χ4n) is 8.91. The van der Waals surface area contributed by atoms with E-state index in [9.17, 15) is 0 Å². The first-order chi connectivity index (χ1) is 27.1. The van der Waals surface area contributed by atoms with E-state index in [0.29, 0.717) is 0 Å². The van der Waals surface area contributed by atoms with Crippen molar-refractivity contribution in [2.45, 2.75) is 39.0 Å². The second kappa shape index (κ2) is 13.8. The summed E-state index contributed by atoms with van der Waals surface area (Å²) in [7, 11) is 0. The van der Waals surface area contributed by atoms with Crippen molar-refractivity contribution < 1.29 is 0 Å². The minimum atomic E-state index is 0.215. The second-order valence-electron chi connectivity index (χ2n) is 14.9. The van der Waals surface area contributed by atoms with Gasteiger partial charge in [-0.2, -0.15) is 0 Å². The molecular weight excluding hydrogens is 667 g/mol. The summed E-state index contributed by atoms with van der Waals surface area (Å²) in [5.74, 6) is 0.215. The minimum absolute atomic E-state index is 0.215. The Morgan fingerprint density at radius 3 is 2.11 bits per heavy atom. The van der Waals surface area contributed by atoms with Crippen molar-refractivity contribution in [3.05, 3.63) is 192 Å². The fraction of sp³-hybridized carbons (Fsp3) is 0.135. The van der Waals surface area contributed by atoms with Crippen molar-refractivity contribution in [2.75, 3.05) is 0 Å². The molecule has 3 aliphatic rings. The molecule has 2 aliphatic carbocycles. The van der Waals surface area contributed by atoms with Gasteiger partial charge in [-0.05, 0) is 94.5 Å². The molecule has 0 spiro atoms. The van der Waals surface area contributed by atoms with Gasteiger partial charge in [0.2, 0.25) is 0 Å². The lowest BCUT2D eigenvalue weighted by Gasteiger charge is -2.25. The van der Waals surface area contributed by atoms with E-state index in [1.807, 2.05) is 6.07 Å². The standard InChI is InChI=1S/C52H41N3/c1-3-34(25-24-33(2)46-30-28-36-26-27-37-29-31-47(35-14-5-4-6-15-35)54-51(37)50(36)53-46)38-16-13-17-39(32-38)49-45-23-12-10-21-43(45)48-42-20-9-7-18-40(42)41-19-8-11-22-44(41)52(48)55-49/h3-15,17-25,29,31-32,38H,2,16,26-28,30H2,1H3/b25-24-,34-3+. The van der Waals surface area contributed by atoms with Crippen LogP contribution in [0.25, 0.3) is 65.7 Å². The first kappa shape index (κ1) is 33.1. The number of fused-ring (bicyclic) bond motifs is 10. The zero-order valence-electron chi connectivity index (χ0n) is 31.1. The maximum Gasteiger partial charge on any atom is 0.0925 e. The minimum Gasteiger partial charge on any atom is -0.251 e. The van der Waals surface area contributed by atoms with Crippen LogP contribution in [-0.4, -0.2) is 15.7 Å². The van der Waals surface area contributed by atoms with Crippen LogP contribution in [0, 0.1) is 5.92 Å².